The molecule has 0 saturated carbocycles. The van der Waals surface area contributed by atoms with Crippen LogP contribution in [-0.4, -0.2) is 13.0 Å². The summed E-state index contributed by atoms with van der Waals surface area (Å²) < 4.78 is 5.47. The zero-order valence-electron chi connectivity index (χ0n) is 19.4. The van der Waals surface area contributed by atoms with Gasteiger partial charge in [0.05, 0.1) is 19.1 Å². The van der Waals surface area contributed by atoms with Crippen LogP contribution in [0.4, 0.5) is 0 Å². The molecule has 0 radical (unpaired) electrons. The topological polar surface area (TPSA) is 38.3 Å². The van der Waals surface area contributed by atoms with Crippen molar-refractivity contribution in [3.63, 3.8) is 0 Å². The summed E-state index contributed by atoms with van der Waals surface area (Å²) in [7, 11) is 1.70. The largest absolute Gasteiger partial charge is 0.497 e. The highest BCUT2D eigenvalue weighted by atomic mass is 16.5. The first-order valence-electron chi connectivity index (χ1n) is 11.9. The molecule has 170 valence electrons. The summed E-state index contributed by atoms with van der Waals surface area (Å²) in [4.78, 5) is 14.0. The Morgan fingerprint density at radius 1 is 0.824 bits per heavy atom. The van der Waals surface area contributed by atoms with Crippen LogP contribution in [-0.2, 0) is 11.2 Å². The molecule has 0 aliphatic heterocycles. The molecule has 1 amide bonds. The standard InChI is InChI=1S/C31H29NO2/c1-34-26-18-20-28-25(21-26)17-19-27(22-11-5-2-6-12-22)30(28)32-31(33)29(23-13-7-3-8-14-23)24-15-9-4-10-16-24/h2-16,18,20-21,27,29-30H,17,19H2,1H3,(H,32,33)/t27-,30+/m1/s1. The van der Waals surface area contributed by atoms with Gasteiger partial charge in [-0.25, -0.2) is 0 Å². The minimum atomic E-state index is -0.373. The molecule has 0 aromatic heterocycles. The maximum absolute atomic E-state index is 14.0. The number of hydrogen-bond donors (Lipinski definition) is 1. The minimum Gasteiger partial charge on any atom is -0.497 e. The monoisotopic (exact) mass is 447 g/mol. The van der Waals surface area contributed by atoms with E-state index in [1.807, 2.05) is 72.8 Å². The van der Waals surface area contributed by atoms with Crippen molar-refractivity contribution < 1.29 is 9.53 Å². The molecule has 4 aromatic rings. The summed E-state index contributed by atoms with van der Waals surface area (Å²) in [6, 6.07) is 36.7. The summed E-state index contributed by atoms with van der Waals surface area (Å²) >= 11 is 0. The minimum absolute atomic E-state index is 0.0204. The van der Waals surface area contributed by atoms with E-state index in [-0.39, 0.29) is 23.8 Å². The maximum atomic E-state index is 14.0. The Hall–Kier alpha value is -3.85. The number of carbonyl (C=O) groups is 1. The lowest BCUT2D eigenvalue weighted by Crippen LogP contribution is -2.38. The Kier molecular flexibility index (Phi) is 6.44. The van der Waals surface area contributed by atoms with E-state index in [0.29, 0.717) is 0 Å². The molecule has 1 aliphatic carbocycles. The smallest absolute Gasteiger partial charge is 0.232 e. The predicted octanol–water partition coefficient (Wildman–Crippen LogP) is 6.41. The fraction of sp³-hybridized carbons (Fsp3) is 0.194. The molecular formula is C31H29NO2. The van der Waals surface area contributed by atoms with Gasteiger partial charge in [0, 0.05) is 5.92 Å². The summed E-state index contributed by atoms with van der Waals surface area (Å²) in [5, 5.41) is 3.48. The van der Waals surface area contributed by atoms with Crippen LogP contribution in [0.2, 0.25) is 0 Å². The zero-order valence-corrected chi connectivity index (χ0v) is 19.4. The summed E-state index contributed by atoms with van der Waals surface area (Å²) in [6.45, 7) is 0. The third-order valence-electron chi connectivity index (χ3n) is 6.87. The van der Waals surface area contributed by atoms with Crippen LogP contribution in [0.5, 0.6) is 5.75 Å². The van der Waals surface area contributed by atoms with E-state index in [4.69, 9.17) is 4.74 Å². The molecule has 4 aromatic carbocycles. The van der Waals surface area contributed by atoms with Gasteiger partial charge in [0.1, 0.15) is 5.75 Å². The number of rotatable bonds is 6. The molecule has 1 N–H and O–H groups in total. The molecule has 0 heterocycles. The van der Waals surface area contributed by atoms with Crippen molar-refractivity contribution in [1.29, 1.82) is 0 Å². The molecular weight excluding hydrogens is 418 g/mol. The Bertz CT molecular complexity index is 1200. The molecule has 0 spiro atoms. The third-order valence-corrected chi connectivity index (χ3v) is 6.87. The van der Waals surface area contributed by atoms with Crippen LogP contribution in [0.1, 0.15) is 52.1 Å². The molecule has 0 fully saturated rings. The lowest BCUT2D eigenvalue weighted by Gasteiger charge is -2.36. The molecule has 0 bridgehead atoms. The van der Waals surface area contributed by atoms with Crippen molar-refractivity contribution in [1.82, 2.24) is 5.32 Å². The van der Waals surface area contributed by atoms with Gasteiger partial charge < -0.3 is 10.1 Å². The molecule has 3 nitrogen and oxygen atoms in total. The average Bonchev–Trinajstić information content (AvgIpc) is 2.90. The lowest BCUT2D eigenvalue weighted by molar-refractivity contribution is -0.122. The highest BCUT2D eigenvalue weighted by Gasteiger charge is 2.34. The first-order valence-corrected chi connectivity index (χ1v) is 11.9. The van der Waals surface area contributed by atoms with Gasteiger partial charge in [-0.05, 0) is 52.8 Å². The Morgan fingerprint density at radius 3 is 2.00 bits per heavy atom. The lowest BCUT2D eigenvalue weighted by atomic mass is 9.76. The highest BCUT2D eigenvalue weighted by Crippen LogP contribution is 2.42. The van der Waals surface area contributed by atoms with Gasteiger partial charge in [-0.15, -0.1) is 0 Å². The molecule has 0 saturated heterocycles. The summed E-state index contributed by atoms with van der Waals surface area (Å²) in [5.41, 5.74) is 5.66. The summed E-state index contributed by atoms with van der Waals surface area (Å²) in [6.07, 6.45) is 1.93. The van der Waals surface area contributed by atoms with Gasteiger partial charge in [-0.2, -0.15) is 0 Å². The zero-order chi connectivity index (χ0) is 23.3. The number of ether oxygens (including phenoxy) is 1. The molecule has 0 unspecified atom stereocenters. The van der Waals surface area contributed by atoms with Crippen LogP contribution in [0, 0.1) is 0 Å². The number of benzene rings is 4. The fourth-order valence-electron chi connectivity index (χ4n) is 5.18. The van der Waals surface area contributed by atoms with Crippen molar-refractivity contribution >= 4 is 5.91 Å². The van der Waals surface area contributed by atoms with E-state index in [9.17, 15) is 4.79 Å². The number of amides is 1. The van der Waals surface area contributed by atoms with E-state index in [1.165, 1.54) is 16.7 Å². The predicted molar refractivity (Wildman–Crippen MR) is 136 cm³/mol. The van der Waals surface area contributed by atoms with Gasteiger partial charge in [0.2, 0.25) is 5.91 Å². The van der Waals surface area contributed by atoms with Gasteiger partial charge in [-0.3, -0.25) is 4.79 Å². The molecule has 2 atom stereocenters. The van der Waals surface area contributed by atoms with Crippen LogP contribution in [0.15, 0.2) is 109 Å². The number of methoxy groups -OCH3 is 1. The van der Waals surface area contributed by atoms with Crippen LogP contribution in [0.25, 0.3) is 0 Å². The second-order valence-corrected chi connectivity index (χ2v) is 8.86. The summed E-state index contributed by atoms with van der Waals surface area (Å²) in [5.74, 6) is 0.709. The second-order valence-electron chi connectivity index (χ2n) is 8.86. The highest BCUT2D eigenvalue weighted by molar-refractivity contribution is 5.87. The number of carbonyl (C=O) groups excluding carboxylic acids is 1. The van der Waals surface area contributed by atoms with E-state index in [1.54, 1.807) is 7.11 Å². The molecule has 5 rings (SSSR count). The van der Waals surface area contributed by atoms with Crippen molar-refractivity contribution in [2.75, 3.05) is 7.11 Å². The Labute approximate surface area is 201 Å². The Morgan fingerprint density at radius 2 is 1.41 bits per heavy atom. The van der Waals surface area contributed by atoms with Gasteiger partial charge >= 0.3 is 0 Å². The normalized spacial score (nSPS) is 17.1. The van der Waals surface area contributed by atoms with Crippen molar-refractivity contribution in [3.05, 3.63) is 137 Å². The van der Waals surface area contributed by atoms with Crippen molar-refractivity contribution in [3.8, 4) is 5.75 Å². The SMILES string of the molecule is COc1ccc2c(c1)CC[C@H](c1ccccc1)[C@@H]2NC(=O)C(c1ccccc1)c1ccccc1. The Balaban J connectivity index is 1.54. The second kappa shape index (κ2) is 9.96. The van der Waals surface area contributed by atoms with Crippen LogP contribution >= 0.6 is 0 Å². The maximum Gasteiger partial charge on any atom is 0.232 e. The molecule has 1 aliphatic rings. The number of hydrogen-bond acceptors (Lipinski definition) is 2. The molecule has 34 heavy (non-hydrogen) atoms. The number of aryl methyl sites for hydroxylation is 1. The van der Waals surface area contributed by atoms with Crippen molar-refractivity contribution in [2.45, 2.75) is 30.7 Å². The van der Waals surface area contributed by atoms with Crippen LogP contribution in [0.3, 0.4) is 0 Å². The van der Waals surface area contributed by atoms with Gasteiger partial charge in [0.15, 0.2) is 0 Å². The molecule has 3 heteroatoms. The van der Waals surface area contributed by atoms with E-state index < -0.39 is 0 Å². The number of fused-ring (bicyclic) bond motifs is 1. The van der Waals surface area contributed by atoms with Gasteiger partial charge in [-0.1, -0.05) is 97.1 Å². The fourth-order valence-corrected chi connectivity index (χ4v) is 5.18. The van der Waals surface area contributed by atoms with E-state index >= 15 is 0 Å². The van der Waals surface area contributed by atoms with E-state index in [2.05, 4.69) is 41.7 Å². The van der Waals surface area contributed by atoms with Gasteiger partial charge in [0.25, 0.3) is 0 Å². The third kappa shape index (κ3) is 4.47. The first-order chi connectivity index (χ1) is 16.7. The average molecular weight is 448 g/mol. The van der Waals surface area contributed by atoms with Crippen LogP contribution < -0.4 is 10.1 Å². The quantitative estimate of drug-likeness (QED) is 0.371. The number of nitrogens with one attached hydrogen (secondary N) is 1. The first kappa shape index (κ1) is 22.0. The van der Waals surface area contributed by atoms with Crippen molar-refractivity contribution in [2.24, 2.45) is 0 Å². The van der Waals surface area contributed by atoms with E-state index in [0.717, 1.165) is 29.7 Å².